The summed E-state index contributed by atoms with van der Waals surface area (Å²) in [5.74, 6) is 2.44. The van der Waals surface area contributed by atoms with E-state index in [4.69, 9.17) is 19.4 Å². The van der Waals surface area contributed by atoms with Crippen molar-refractivity contribution in [2.24, 2.45) is 0 Å². The number of hydrogen-bond donors (Lipinski definition) is 1. The summed E-state index contributed by atoms with van der Waals surface area (Å²) in [6, 6.07) is 9.93. The normalized spacial score (nSPS) is 17.1. The third-order valence-electron chi connectivity index (χ3n) is 4.83. The molecule has 0 aliphatic carbocycles. The molecule has 1 aromatic carbocycles. The number of rotatable bonds is 3. The molecule has 3 aromatic rings. The molecule has 0 amide bonds. The molecule has 1 fully saturated rings. The summed E-state index contributed by atoms with van der Waals surface area (Å²) in [5, 5.41) is 9.59. The van der Waals surface area contributed by atoms with Gasteiger partial charge < -0.3 is 24.4 Å². The van der Waals surface area contributed by atoms with Gasteiger partial charge in [-0.15, -0.1) is 11.3 Å². The molecule has 27 heavy (non-hydrogen) atoms. The summed E-state index contributed by atoms with van der Waals surface area (Å²) in [5.41, 5.74) is 1.85. The number of fused-ring (bicyclic) bond motifs is 2. The highest BCUT2D eigenvalue weighted by atomic mass is 32.1. The van der Waals surface area contributed by atoms with E-state index < -0.39 is 0 Å². The highest BCUT2D eigenvalue weighted by Gasteiger charge is 2.25. The lowest BCUT2D eigenvalue weighted by atomic mass is 10.2. The number of aliphatic hydroxyl groups is 1. The van der Waals surface area contributed by atoms with Gasteiger partial charge in [0.15, 0.2) is 5.82 Å². The third kappa shape index (κ3) is 2.99. The van der Waals surface area contributed by atoms with Gasteiger partial charge in [-0.05, 0) is 18.2 Å². The molecule has 7 nitrogen and oxygen atoms in total. The Morgan fingerprint density at radius 1 is 1.07 bits per heavy atom. The number of anilines is 3. The maximum Gasteiger partial charge on any atom is 0.232 e. The first-order valence-electron chi connectivity index (χ1n) is 9.07. The lowest BCUT2D eigenvalue weighted by molar-refractivity contribution is 0.122. The smallest absolute Gasteiger partial charge is 0.232 e. The monoisotopic (exact) mass is 384 g/mol. The Bertz CT molecular complexity index is 971. The highest BCUT2D eigenvalue weighted by Crippen LogP contribution is 2.38. The summed E-state index contributed by atoms with van der Waals surface area (Å²) in [6.07, 6.45) is 0. The van der Waals surface area contributed by atoms with Crippen LogP contribution in [0.2, 0.25) is 0 Å². The van der Waals surface area contributed by atoms with Crippen LogP contribution in [0.15, 0.2) is 30.3 Å². The van der Waals surface area contributed by atoms with Crippen molar-refractivity contribution in [1.82, 2.24) is 9.97 Å². The van der Waals surface area contributed by atoms with Gasteiger partial charge >= 0.3 is 0 Å². The molecular formula is C19H20N4O3S. The Morgan fingerprint density at radius 3 is 2.78 bits per heavy atom. The van der Waals surface area contributed by atoms with E-state index in [2.05, 4.69) is 9.80 Å². The quantitative estimate of drug-likeness (QED) is 0.744. The van der Waals surface area contributed by atoms with Crippen molar-refractivity contribution >= 4 is 39.0 Å². The first-order valence-corrected chi connectivity index (χ1v) is 9.88. The number of para-hydroxylation sites is 2. The fourth-order valence-corrected chi connectivity index (χ4v) is 4.49. The SMILES string of the molecule is OCc1cc2nc(N3CCOc4ccccc43)nc(N3CCOCC3)c2s1. The number of morpholine rings is 1. The van der Waals surface area contributed by atoms with Gasteiger partial charge in [-0.2, -0.15) is 4.98 Å². The van der Waals surface area contributed by atoms with Crippen LogP contribution in [0.25, 0.3) is 10.2 Å². The predicted molar refractivity (Wildman–Crippen MR) is 105 cm³/mol. The summed E-state index contributed by atoms with van der Waals surface area (Å²) < 4.78 is 12.3. The topological polar surface area (TPSA) is 71.0 Å². The number of nitrogens with zero attached hydrogens (tertiary/aromatic N) is 4. The van der Waals surface area contributed by atoms with E-state index in [1.165, 1.54) is 0 Å². The van der Waals surface area contributed by atoms with Gasteiger partial charge in [-0.1, -0.05) is 12.1 Å². The molecule has 0 unspecified atom stereocenters. The van der Waals surface area contributed by atoms with Gasteiger partial charge in [0.25, 0.3) is 0 Å². The second-order valence-corrected chi connectivity index (χ2v) is 7.64. The minimum atomic E-state index is 0.0132. The molecule has 0 radical (unpaired) electrons. The Hall–Kier alpha value is -2.42. The molecule has 0 spiro atoms. The first kappa shape index (κ1) is 16.7. The number of benzene rings is 1. The fraction of sp³-hybridized carbons (Fsp3) is 0.368. The van der Waals surface area contributed by atoms with Crippen molar-refractivity contribution < 1.29 is 14.6 Å². The van der Waals surface area contributed by atoms with Crippen LogP contribution in [0.5, 0.6) is 5.75 Å². The van der Waals surface area contributed by atoms with Crippen molar-refractivity contribution in [1.29, 1.82) is 0 Å². The zero-order valence-corrected chi connectivity index (χ0v) is 15.6. The van der Waals surface area contributed by atoms with E-state index in [1.807, 2.05) is 30.3 Å². The highest BCUT2D eigenvalue weighted by molar-refractivity contribution is 7.19. The zero-order chi connectivity index (χ0) is 18.2. The van der Waals surface area contributed by atoms with Gasteiger partial charge in [-0.3, -0.25) is 0 Å². The van der Waals surface area contributed by atoms with Crippen LogP contribution in [0, 0.1) is 0 Å². The Kier molecular flexibility index (Phi) is 4.31. The molecule has 2 aliphatic rings. The van der Waals surface area contributed by atoms with E-state index >= 15 is 0 Å². The van der Waals surface area contributed by atoms with Gasteiger partial charge in [0.05, 0.1) is 42.3 Å². The Labute approximate surface area is 160 Å². The maximum atomic E-state index is 9.59. The molecule has 1 N–H and O–H groups in total. The van der Waals surface area contributed by atoms with Crippen molar-refractivity contribution in [3.05, 3.63) is 35.2 Å². The molecule has 0 bridgehead atoms. The largest absolute Gasteiger partial charge is 0.490 e. The van der Waals surface area contributed by atoms with Gasteiger partial charge in [0.1, 0.15) is 12.4 Å². The van der Waals surface area contributed by atoms with E-state index in [0.717, 1.165) is 45.4 Å². The minimum absolute atomic E-state index is 0.0132. The molecule has 0 atom stereocenters. The summed E-state index contributed by atoms with van der Waals surface area (Å²) in [6.45, 7) is 4.30. The average Bonchev–Trinajstić information content (AvgIpc) is 3.16. The van der Waals surface area contributed by atoms with Crippen molar-refractivity contribution in [2.45, 2.75) is 6.61 Å². The van der Waals surface area contributed by atoms with Crippen LogP contribution >= 0.6 is 11.3 Å². The van der Waals surface area contributed by atoms with Crippen LogP contribution in [-0.4, -0.2) is 54.5 Å². The number of thiophene rings is 1. The lowest BCUT2D eigenvalue weighted by Gasteiger charge is -2.32. The Morgan fingerprint density at radius 2 is 1.93 bits per heavy atom. The number of aromatic nitrogens is 2. The maximum absolute atomic E-state index is 9.59. The predicted octanol–water partition coefficient (Wildman–Crippen LogP) is 2.55. The number of hydrogen-bond acceptors (Lipinski definition) is 8. The van der Waals surface area contributed by atoms with Crippen LogP contribution in [0.3, 0.4) is 0 Å². The standard InChI is InChI=1S/C19H20N4O3S/c24-12-13-11-14-17(27-13)18(22-5-8-25-9-6-22)21-19(20-14)23-7-10-26-16-4-2-1-3-15(16)23/h1-4,11,24H,5-10,12H2. The number of aliphatic hydroxyl groups excluding tert-OH is 1. The third-order valence-corrected chi connectivity index (χ3v) is 5.93. The van der Waals surface area contributed by atoms with Gasteiger partial charge in [0.2, 0.25) is 5.95 Å². The zero-order valence-electron chi connectivity index (χ0n) is 14.8. The van der Waals surface area contributed by atoms with E-state index in [-0.39, 0.29) is 6.61 Å². The van der Waals surface area contributed by atoms with Crippen molar-refractivity contribution in [2.75, 3.05) is 49.3 Å². The van der Waals surface area contributed by atoms with Gasteiger partial charge in [0, 0.05) is 18.0 Å². The molecule has 8 heteroatoms. The second-order valence-electron chi connectivity index (χ2n) is 6.50. The minimum Gasteiger partial charge on any atom is -0.490 e. The molecule has 2 aliphatic heterocycles. The molecule has 0 saturated carbocycles. The van der Waals surface area contributed by atoms with Crippen LogP contribution in [0.4, 0.5) is 17.5 Å². The molecule has 4 heterocycles. The lowest BCUT2D eigenvalue weighted by Crippen LogP contribution is -2.37. The van der Waals surface area contributed by atoms with Gasteiger partial charge in [-0.25, -0.2) is 4.98 Å². The molecule has 140 valence electrons. The van der Waals surface area contributed by atoms with Crippen molar-refractivity contribution in [3.8, 4) is 5.75 Å². The first-order chi connectivity index (χ1) is 13.3. The number of ether oxygens (including phenoxy) is 2. The van der Waals surface area contributed by atoms with Crippen molar-refractivity contribution in [3.63, 3.8) is 0 Å². The van der Waals surface area contributed by atoms with Crippen LogP contribution < -0.4 is 14.5 Å². The van der Waals surface area contributed by atoms with E-state index in [9.17, 15) is 5.11 Å². The van der Waals surface area contributed by atoms with E-state index in [1.54, 1.807) is 11.3 Å². The molecular weight excluding hydrogens is 364 g/mol. The average molecular weight is 384 g/mol. The second kappa shape index (κ2) is 6.95. The van der Waals surface area contributed by atoms with Crippen LogP contribution in [-0.2, 0) is 11.3 Å². The molecule has 1 saturated heterocycles. The van der Waals surface area contributed by atoms with E-state index in [0.29, 0.717) is 32.3 Å². The fourth-order valence-electron chi connectivity index (χ4n) is 3.52. The summed E-state index contributed by atoms with van der Waals surface area (Å²) in [7, 11) is 0. The summed E-state index contributed by atoms with van der Waals surface area (Å²) in [4.78, 5) is 15.0. The summed E-state index contributed by atoms with van der Waals surface area (Å²) >= 11 is 1.56. The molecule has 5 rings (SSSR count). The van der Waals surface area contributed by atoms with Crippen LogP contribution in [0.1, 0.15) is 4.88 Å². The molecule has 2 aromatic heterocycles. The Balaban J connectivity index is 1.65.